The molecule has 9 heteroatoms. The Bertz CT molecular complexity index is 1460. The molecule has 3 amide bonds. The molecule has 8 nitrogen and oxygen atoms in total. The van der Waals surface area contributed by atoms with Crippen LogP contribution in [0, 0.1) is 13.8 Å². The van der Waals surface area contributed by atoms with Crippen molar-refractivity contribution in [1.29, 1.82) is 0 Å². The van der Waals surface area contributed by atoms with Gasteiger partial charge < -0.3 is 15.4 Å². The van der Waals surface area contributed by atoms with Gasteiger partial charge in [0.05, 0.1) is 17.9 Å². The Morgan fingerprint density at radius 2 is 1.61 bits per heavy atom. The summed E-state index contributed by atoms with van der Waals surface area (Å²) in [6.45, 7) is 5.96. The van der Waals surface area contributed by atoms with Crippen LogP contribution in [-0.2, 0) is 14.3 Å². The molecule has 0 aliphatic carbocycles. The van der Waals surface area contributed by atoms with E-state index in [2.05, 4.69) is 10.6 Å². The van der Waals surface area contributed by atoms with Crippen molar-refractivity contribution in [3.8, 4) is 0 Å². The molecule has 0 spiro atoms. The van der Waals surface area contributed by atoms with Gasteiger partial charge in [-0.1, -0.05) is 36.7 Å². The SMILES string of the molecule is CCCOC(=O)c1cccc(NC(=O)c2ccc(NC3=C(Cl)C(=O)N(c4cccc(C)c4C)C3=O)cc2)c1. The number of hydrogen-bond acceptors (Lipinski definition) is 6. The predicted octanol–water partition coefficient (Wildman–Crippen LogP) is 5.56. The average molecular weight is 532 g/mol. The molecule has 3 aromatic rings. The van der Waals surface area contributed by atoms with Gasteiger partial charge in [-0.05, 0) is 79.9 Å². The summed E-state index contributed by atoms with van der Waals surface area (Å²) in [5.74, 6) is -2.01. The third-order valence-electron chi connectivity index (χ3n) is 6.05. The number of nitrogens with zero attached hydrogens (tertiary/aromatic N) is 1. The van der Waals surface area contributed by atoms with Crippen LogP contribution in [0.25, 0.3) is 0 Å². The van der Waals surface area contributed by atoms with E-state index in [1.165, 1.54) is 0 Å². The number of nitrogens with one attached hydrogen (secondary N) is 2. The fraction of sp³-hybridized carbons (Fsp3) is 0.172. The van der Waals surface area contributed by atoms with Gasteiger partial charge in [-0.2, -0.15) is 0 Å². The van der Waals surface area contributed by atoms with Crippen LogP contribution < -0.4 is 15.5 Å². The number of aryl methyl sites for hydroxylation is 1. The van der Waals surface area contributed by atoms with Crippen molar-refractivity contribution in [2.75, 3.05) is 22.1 Å². The summed E-state index contributed by atoms with van der Waals surface area (Å²) in [7, 11) is 0. The summed E-state index contributed by atoms with van der Waals surface area (Å²) in [6, 6.07) is 18.2. The first-order valence-electron chi connectivity index (χ1n) is 12.0. The number of hydrogen-bond donors (Lipinski definition) is 2. The van der Waals surface area contributed by atoms with Crippen LogP contribution in [0.15, 0.2) is 77.5 Å². The van der Waals surface area contributed by atoms with E-state index in [1.54, 1.807) is 60.7 Å². The number of amides is 3. The van der Waals surface area contributed by atoms with Crippen molar-refractivity contribution in [3.63, 3.8) is 0 Å². The Hall–Kier alpha value is -4.43. The van der Waals surface area contributed by atoms with Crippen molar-refractivity contribution in [2.24, 2.45) is 0 Å². The van der Waals surface area contributed by atoms with Crippen molar-refractivity contribution >= 4 is 52.4 Å². The van der Waals surface area contributed by atoms with Gasteiger partial charge in [0.1, 0.15) is 10.7 Å². The molecular weight excluding hydrogens is 506 g/mol. The Morgan fingerprint density at radius 3 is 2.32 bits per heavy atom. The second-order valence-electron chi connectivity index (χ2n) is 8.73. The molecule has 0 fully saturated rings. The maximum absolute atomic E-state index is 13.1. The molecule has 0 radical (unpaired) electrons. The second kappa shape index (κ2) is 11.3. The first kappa shape index (κ1) is 26.6. The van der Waals surface area contributed by atoms with E-state index in [-0.39, 0.29) is 16.6 Å². The third kappa shape index (κ3) is 5.45. The first-order chi connectivity index (χ1) is 18.2. The van der Waals surface area contributed by atoms with Crippen molar-refractivity contribution in [2.45, 2.75) is 27.2 Å². The Kier molecular flexibility index (Phi) is 7.93. The fourth-order valence-corrected chi connectivity index (χ4v) is 4.08. The number of benzene rings is 3. The van der Waals surface area contributed by atoms with Crippen molar-refractivity contribution in [1.82, 2.24) is 0 Å². The lowest BCUT2D eigenvalue weighted by molar-refractivity contribution is -0.120. The molecule has 3 aromatic carbocycles. The number of imide groups is 1. The summed E-state index contributed by atoms with van der Waals surface area (Å²) >= 11 is 6.25. The number of esters is 1. The van der Waals surface area contributed by atoms with E-state index in [0.29, 0.717) is 41.2 Å². The van der Waals surface area contributed by atoms with Crippen LogP contribution in [0.5, 0.6) is 0 Å². The zero-order chi connectivity index (χ0) is 27.4. The Labute approximate surface area is 225 Å². The minimum absolute atomic E-state index is 0.0402. The average Bonchev–Trinajstić information content (AvgIpc) is 3.12. The van der Waals surface area contributed by atoms with Crippen molar-refractivity contribution in [3.05, 3.63) is 99.7 Å². The highest BCUT2D eigenvalue weighted by atomic mass is 35.5. The van der Waals surface area contributed by atoms with Gasteiger partial charge in [-0.15, -0.1) is 0 Å². The van der Waals surface area contributed by atoms with E-state index in [1.807, 2.05) is 26.8 Å². The van der Waals surface area contributed by atoms with Gasteiger partial charge in [-0.3, -0.25) is 14.4 Å². The predicted molar refractivity (Wildman–Crippen MR) is 146 cm³/mol. The van der Waals surface area contributed by atoms with Crippen LogP contribution in [0.1, 0.15) is 45.2 Å². The summed E-state index contributed by atoms with van der Waals surface area (Å²) in [4.78, 5) is 51.8. The van der Waals surface area contributed by atoms with Gasteiger partial charge in [0.2, 0.25) is 0 Å². The molecule has 0 saturated carbocycles. The highest BCUT2D eigenvalue weighted by Crippen LogP contribution is 2.33. The first-order valence-corrected chi connectivity index (χ1v) is 12.4. The van der Waals surface area contributed by atoms with Crippen LogP contribution in [0.3, 0.4) is 0 Å². The van der Waals surface area contributed by atoms with Gasteiger partial charge in [0.25, 0.3) is 17.7 Å². The van der Waals surface area contributed by atoms with Crippen molar-refractivity contribution < 1.29 is 23.9 Å². The maximum atomic E-state index is 13.1. The zero-order valence-electron chi connectivity index (χ0n) is 21.1. The highest BCUT2D eigenvalue weighted by molar-refractivity contribution is 6.53. The standard InChI is InChI=1S/C29H26ClN3O5/c1-4-15-38-29(37)20-8-6-9-22(16-20)32-26(34)19-11-13-21(14-12-19)31-25-24(30)27(35)33(28(25)36)23-10-5-7-17(2)18(23)3/h5-14,16,31H,4,15H2,1-3H3,(H,32,34). The number of anilines is 3. The molecule has 1 aliphatic heterocycles. The highest BCUT2D eigenvalue weighted by Gasteiger charge is 2.39. The largest absolute Gasteiger partial charge is 0.462 e. The molecule has 4 rings (SSSR count). The molecule has 38 heavy (non-hydrogen) atoms. The molecule has 2 N–H and O–H groups in total. The minimum atomic E-state index is -0.607. The summed E-state index contributed by atoms with van der Waals surface area (Å²) in [5, 5.41) is 5.45. The summed E-state index contributed by atoms with van der Waals surface area (Å²) in [6.07, 6.45) is 0.714. The number of carbonyl (C=O) groups is 4. The van der Waals surface area contributed by atoms with Crippen LogP contribution in [0.2, 0.25) is 0 Å². The lowest BCUT2D eigenvalue weighted by Gasteiger charge is -2.18. The minimum Gasteiger partial charge on any atom is -0.462 e. The van der Waals surface area contributed by atoms with Crippen LogP contribution in [-0.4, -0.2) is 30.3 Å². The number of halogens is 1. The summed E-state index contributed by atoms with van der Waals surface area (Å²) in [5.41, 5.74) is 3.79. The molecule has 194 valence electrons. The normalized spacial score (nSPS) is 13.1. The Balaban J connectivity index is 1.45. The number of ether oxygens (including phenoxy) is 1. The van der Waals surface area contributed by atoms with Gasteiger partial charge in [0.15, 0.2) is 0 Å². The van der Waals surface area contributed by atoms with E-state index in [9.17, 15) is 19.2 Å². The monoisotopic (exact) mass is 531 g/mol. The maximum Gasteiger partial charge on any atom is 0.338 e. The molecule has 0 bridgehead atoms. The lowest BCUT2D eigenvalue weighted by Crippen LogP contribution is -2.33. The molecule has 1 heterocycles. The molecular formula is C29H26ClN3O5. The number of carbonyl (C=O) groups excluding carboxylic acids is 4. The molecule has 0 atom stereocenters. The van der Waals surface area contributed by atoms with Gasteiger partial charge in [0, 0.05) is 16.9 Å². The molecule has 0 saturated heterocycles. The van der Waals surface area contributed by atoms with E-state index in [0.717, 1.165) is 16.0 Å². The molecule has 0 unspecified atom stereocenters. The van der Waals surface area contributed by atoms with Gasteiger partial charge >= 0.3 is 5.97 Å². The Morgan fingerprint density at radius 1 is 0.895 bits per heavy atom. The lowest BCUT2D eigenvalue weighted by atomic mass is 10.1. The fourth-order valence-electron chi connectivity index (χ4n) is 3.86. The quantitative estimate of drug-likeness (QED) is 0.291. The topological polar surface area (TPSA) is 105 Å². The number of rotatable bonds is 8. The second-order valence-corrected chi connectivity index (χ2v) is 9.10. The van der Waals surface area contributed by atoms with Crippen LogP contribution in [0.4, 0.5) is 17.1 Å². The smallest absolute Gasteiger partial charge is 0.338 e. The van der Waals surface area contributed by atoms with Gasteiger partial charge in [-0.25, -0.2) is 9.69 Å². The third-order valence-corrected chi connectivity index (χ3v) is 6.40. The summed E-state index contributed by atoms with van der Waals surface area (Å²) < 4.78 is 5.13. The zero-order valence-corrected chi connectivity index (χ0v) is 21.9. The van der Waals surface area contributed by atoms with E-state index in [4.69, 9.17) is 16.3 Å². The van der Waals surface area contributed by atoms with E-state index < -0.39 is 17.8 Å². The van der Waals surface area contributed by atoms with E-state index >= 15 is 0 Å². The molecule has 1 aliphatic rings. The van der Waals surface area contributed by atoms with Crippen LogP contribution >= 0.6 is 11.6 Å². The molecule has 0 aromatic heterocycles.